The summed E-state index contributed by atoms with van der Waals surface area (Å²) < 4.78 is 0. The predicted molar refractivity (Wildman–Crippen MR) is 88.8 cm³/mol. The van der Waals surface area contributed by atoms with E-state index < -0.39 is 0 Å². The monoisotopic (exact) mass is 264 g/mol. The van der Waals surface area contributed by atoms with Crippen LogP contribution in [0.25, 0.3) is 0 Å². The van der Waals surface area contributed by atoms with E-state index in [1.807, 2.05) is 6.08 Å². The number of rotatable bonds is 5. The van der Waals surface area contributed by atoms with Crippen molar-refractivity contribution in [1.82, 2.24) is 0 Å². The van der Waals surface area contributed by atoms with Gasteiger partial charge in [-0.15, -0.1) is 0 Å². The van der Waals surface area contributed by atoms with E-state index in [-0.39, 0.29) is 5.41 Å². The van der Waals surface area contributed by atoms with E-state index in [1.165, 1.54) is 16.7 Å². The van der Waals surface area contributed by atoms with Crippen LogP contribution in [0.1, 0.15) is 38.7 Å². The minimum absolute atomic E-state index is 0.0411. The van der Waals surface area contributed by atoms with Crippen molar-refractivity contribution in [2.75, 3.05) is 0 Å². The molecule has 1 unspecified atom stereocenters. The lowest BCUT2D eigenvalue weighted by Gasteiger charge is -2.34. The smallest absolute Gasteiger partial charge is 0.0174 e. The van der Waals surface area contributed by atoms with Gasteiger partial charge in [0.1, 0.15) is 0 Å². The zero-order chi connectivity index (χ0) is 14.6. The average Bonchev–Trinajstić information content (AvgIpc) is 2.54. The minimum Gasteiger partial charge on any atom is -0.0985 e. The summed E-state index contributed by atoms with van der Waals surface area (Å²) in [6, 6.07) is 10.8. The number of allylic oxidation sites excluding steroid dienone is 6. The molecule has 1 aliphatic carbocycles. The second-order valence-electron chi connectivity index (χ2n) is 5.61. The van der Waals surface area contributed by atoms with E-state index in [2.05, 4.69) is 69.5 Å². The SMILES string of the molecule is C=CC(=C)C1=C(C(C)(CC)c2ccccc2)C=CCC1. The molecule has 0 amide bonds. The van der Waals surface area contributed by atoms with Gasteiger partial charge in [-0.25, -0.2) is 0 Å². The van der Waals surface area contributed by atoms with E-state index >= 15 is 0 Å². The molecule has 0 fully saturated rings. The van der Waals surface area contributed by atoms with Crippen LogP contribution in [0.5, 0.6) is 0 Å². The highest BCUT2D eigenvalue weighted by molar-refractivity contribution is 5.52. The van der Waals surface area contributed by atoms with E-state index in [0.717, 1.165) is 24.8 Å². The van der Waals surface area contributed by atoms with Gasteiger partial charge >= 0.3 is 0 Å². The minimum atomic E-state index is 0.0411. The summed E-state index contributed by atoms with van der Waals surface area (Å²) >= 11 is 0. The topological polar surface area (TPSA) is 0 Å². The highest BCUT2D eigenvalue weighted by Crippen LogP contribution is 2.41. The van der Waals surface area contributed by atoms with Crippen LogP contribution in [0.3, 0.4) is 0 Å². The second kappa shape index (κ2) is 6.09. The van der Waals surface area contributed by atoms with Gasteiger partial charge in [0.15, 0.2) is 0 Å². The van der Waals surface area contributed by atoms with Crippen LogP contribution in [0.2, 0.25) is 0 Å². The maximum Gasteiger partial charge on any atom is 0.0174 e. The van der Waals surface area contributed by atoms with Gasteiger partial charge in [-0.1, -0.05) is 75.6 Å². The first-order valence-corrected chi connectivity index (χ1v) is 7.41. The average molecular weight is 264 g/mol. The van der Waals surface area contributed by atoms with Gasteiger partial charge in [0.2, 0.25) is 0 Å². The Morgan fingerprint density at radius 3 is 2.60 bits per heavy atom. The van der Waals surface area contributed by atoms with Crippen LogP contribution in [0, 0.1) is 0 Å². The largest absolute Gasteiger partial charge is 0.0985 e. The van der Waals surface area contributed by atoms with Crippen molar-refractivity contribution >= 4 is 0 Å². The Kier molecular flexibility index (Phi) is 4.44. The molecule has 1 aliphatic rings. The zero-order valence-electron chi connectivity index (χ0n) is 12.7. The molecule has 1 atom stereocenters. The summed E-state index contributed by atoms with van der Waals surface area (Å²) in [5, 5.41) is 0. The van der Waals surface area contributed by atoms with E-state index in [1.54, 1.807) is 0 Å². The van der Waals surface area contributed by atoms with Crippen LogP contribution in [-0.2, 0) is 5.41 Å². The van der Waals surface area contributed by atoms with Gasteiger partial charge in [-0.3, -0.25) is 0 Å². The lowest BCUT2D eigenvalue weighted by atomic mass is 9.69. The van der Waals surface area contributed by atoms with Crippen molar-refractivity contribution in [3.63, 3.8) is 0 Å². The van der Waals surface area contributed by atoms with Gasteiger partial charge in [-0.05, 0) is 41.5 Å². The first kappa shape index (κ1) is 14.6. The second-order valence-corrected chi connectivity index (χ2v) is 5.61. The molecule has 20 heavy (non-hydrogen) atoms. The number of hydrogen-bond donors (Lipinski definition) is 0. The molecule has 0 heterocycles. The third-order valence-electron chi connectivity index (χ3n) is 4.52. The van der Waals surface area contributed by atoms with Crippen molar-refractivity contribution in [1.29, 1.82) is 0 Å². The molecular formula is C20H24. The fourth-order valence-corrected chi connectivity index (χ4v) is 2.99. The number of benzene rings is 1. The Bertz CT molecular complexity index is 557. The molecule has 2 rings (SSSR count). The molecule has 0 radical (unpaired) electrons. The van der Waals surface area contributed by atoms with Crippen molar-refractivity contribution in [3.05, 3.63) is 84.0 Å². The summed E-state index contributed by atoms with van der Waals surface area (Å²) in [6.07, 6.45) is 9.70. The van der Waals surface area contributed by atoms with Crippen molar-refractivity contribution < 1.29 is 0 Å². The highest BCUT2D eigenvalue weighted by atomic mass is 14.3. The van der Waals surface area contributed by atoms with Gasteiger partial charge in [0, 0.05) is 5.41 Å². The van der Waals surface area contributed by atoms with Crippen LogP contribution in [-0.4, -0.2) is 0 Å². The zero-order valence-corrected chi connectivity index (χ0v) is 12.7. The van der Waals surface area contributed by atoms with Gasteiger partial charge in [0.05, 0.1) is 0 Å². The third-order valence-corrected chi connectivity index (χ3v) is 4.52. The van der Waals surface area contributed by atoms with Crippen molar-refractivity contribution in [2.45, 2.75) is 38.5 Å². The molecule has 0 aromatic heterocycles. The fraction of sp³-hybridized carbons (Fsp3) is 0.300. The van der Waals surface area contributed by atoms with Gasteiger partial charge in [-0.2, -0.15) is 0 Å². The van der Waals surface area contributed by atoms with E-state index in [4.69, 9.17) is 0 Å². The molecule has 0 saturated heterocycles. The molecule has 0 bridgehead atoms. The summed E-state index contributed by atoms with van der Waals surface area (Å²) in [4.78, 5) is 0. The summed E-state index contributed by atoms with van der Waals surface area (Å²) in [5.41, 5.74) is 5.26. The lowest BCUT2D eigenvalue weighted by molar-refractivity contribution is 0.539. The Balaban J connectivity index is 2.59. The fourth-order valence-electron chi connectivity index (χ4n) is 2.99. The predicted octanol–water partition coefficient (Wildman–Crippen LogP) is 5.74. The number of hydrogen-bond acceptors (Lipinski definition) is 0. The van der Waals surface area contributed by atoms with E-state index in [9.17, 15) is 0 Å². The maximum atomic E-state index is 4.18. The van der Waals surface area contributed by atoms with Gasteiger partial charge in [0.25, 0.3) is 0 Å². The van der Waals surface area contributed by atoms with E-state index in [0.29, 0.717) is 0 Å². The molecular weight excluding hydrogens is 240 g/mol. The van der Waals surface area contributed by atoms with Crippen molar-refractivity contribution in [3.8, 4) is 0 Å². The molecule has 0 aliphatic heterocycles. The molecule has 0 heteroatoms. The standard InChI is InChI=1S/C20H24/c1-5-16(3)18-14-10-11-15-19(18)20(4,6-2)17-12-8-7-9-13-17/h5,7-9,11-13,15H,1,3,6,10,14H2,2,4H3. The van der Waals surface area contributed by atoms with Crippen LogP contribution in [0.4, 0.5) is 0 Å². The molecule has 0 saturated carbocycles. The third kappa shape index (κ3) is 2.56. The molecule has 104 valence electrons. The van der Waals surface area contributed by atoms with Crippen molar-refractivity contribution in [2.24, 2.45) is 0 Å². The lowest BCUT2D eigenvalue weighted by Crippen LogP contribution is -2.25. The Morgan fingerprint density at radius 1 is 1.30 bits per heavy atom. The van der Waals surface area contributed by atoms with Crippen LogP contribution in [0.15, 0.2) is 78.4 Å². The molecule has 1 aromatic rings. The molecule has 0 nitrogen and oxygen atoms in total. The summed E-state index contributed by atoms with van der Waals surface area (Å²) in [7, 11) is 0. The normalized spacial score (nSPS) is 17.7. The maximum absolute atomic E-state index is 4.18. The molecule has 0 spiro atoms. The highest BCUT2D eigenvalue weighted by Gasteiger charge is 2.31. The Morgan fingerprint density at radius 2 is 2.00 bits per heavy atom. The summed E-state index contributed by atoms with van der Waals surface area (Å²) in [6.45, 7) is 12.7. The van der Waals surface area contributed by atoms with Crippen LogP contribution < -0.4 is 0 Å². The first-order valence-electron chi connectivity index (χ1n) is 7.41. The van der Waals surface area contributed by atoms with Crippen LogP contribution >= 0.6 is 0 Å². The Labute approximate surface area is 123 Å². The first-order chi connectivity index (χ1) is 9.63. The quantitative estimate of drug-likeness (QED) is 0.595. The molecule has 1 aromatic carbocycles. The Hall–Kier alpha value is -1.82. The molecule has 0 N–H and O–H groups in total. The summed E-state index contributed by atoms with van der Waals surface area (Å²) in [5.74, 6) is 0. The van der Waals surface area contributed by atoms with Gasteiger partial charge < -0.3 is 0 Å².